The highest BCUT2D eigenvalue weighted by Gasteiger charge is 2.22. The molecule has 224 valence electrons. The van der Waals surface area contributed by atoms with Crippen molar-refractivity contribution in [3.63, 3.8) is 0 Å². The first-order chi connectivity index (χ1) is 19.7. The van der Waals surface area contributed by atoms with Crippen LogP contribution in [0.5, 0.6) is 0 Å². The van der Waals surface area contributed by atoms with E-state index in [1.54, 1.807) is 30.3 Å². The number of rotatable bonds is 8. The summed E-state index contributed by atoms with van der Waals surface area (Å²) in [4.78, 5) is 17.2. The number of anilines is 2. The van der Waals surface area contributed by atoms with Crippen LogP contribution in [-0.2, 0) is 26.5 Å². The minimum absolute atomic E-state index is 0.0598. The Morgan fingerprint density at radius 3 is 2.07 bits per heavy atom. The van der Waals surface area contributed by atoms with Crippen molar-refractivity contribution in [1.29, 1.82) is 5.41 Å². The molecular formula is C28H35N7O5S2. The lowest BCUT2D eigenvalue weighted by Crippen LogP contribution is -2.50. The van der Waals surface area contributed by atoms with E-state index < -0.39 is 26.1 Å². The van der Waals surface area contributed by atoms with Crippen molar-refractivity contribution in [3.05, 3.63) is 83.4 Å². The monoisotopic (exact) mass is 613 g/mol. The largest absolute Gasteiger partial charge is 0.354 e. The SMILES string of the molecule is CC(C)N1CCN(C(=N)c2cccc(NC(=O)Nc3ccc(S(N)(=O)=O)cc3Cc3ccc(S(N)(=O)=O)cc3)c2)CC1. The molecule has 0 unspecified atom stereocenters. The lowest BCUT2D eigenvalue weighted by atomic mass is 10.0. The second-order valence-corrected chi connectivity index (χ2v) is 13.5. The maximum atomic E-state index is 13.0. The number of nitrogens with two attached hydrogens (primary N) is 2. The number of hydrogen-bond donors (Lipinski definition) is 5. The molecule has 0 saturated carbocycles. The fraction of sp³-hybridized carbons (Fsp3) is 0.286. The van der Waals surface area contributed by atoms with Crippen LogP contribution in [0.4, 0.5) is 16.2 Å². The summed E-state index contributed by atoms with van der Waals surface area (Å²) < 4.78 is 47.1. The minimum Gasteiger partial charge on any atom is -0.354 e. The van der Waals surface area contributed by atoms with E-state index in [0.29, 0.717) is 39.9 Å². The summed E-state index contributed by atoms with van der Waals surface area (Å²) in [5, 5.41) is 24.7. The van der Waals surface area contributed by atoms with Crippen LogP contribution in [0.1, 0.15) is 30.5 Å². The molecule has 42 heavy (non-hydrogen) atoms. The minimum atomic E-state index is -4.02. The lowest BCUT2D eigenvalue weighted by molar-refractivity contribution is 0.148. The van der Waals surface area contributed by atoms with Crippen LogP contribution in [-0.4, -0.2) is 70.7 Å². The molecule has 0 bridgehead atoms. The number of nitrogens with zero attached hydrogens (tertiary/aromatic N) is 2. The van der Waals surface area contributed by atoms with Gasteiger partial charge in [0.05, 0.1) is 9.79 Å². The summed E-state index contributed by atoms with van der Waals surface area (Å²) in [5.74, 6) is 0.386. The van der Waals surface area contributed by atoms with Gasteiger partial charge in [0.2, 0.25) is 20.0 Å². The van der Waals surface area contributed by atoms with E-state index >= 15 is 0 Å². The summed E-state index contributed by atoms with van der Waals surface area (Å²) in [6, 6.07) is 16.8. The first kappa shape index (κ1) is 31.1. The van der Waals surface area contributed by atoms with Gasteiger partial charge >= 0.3 is 6.03 Å². The molecule has 0 aliphatic carbocycles. The molecule has 1 fully saturated rings. The van der Waals surface area contributed by atoms with E-state index in [1.807, 2.05) is 11.0 Å². The van der Waals surface area contributed by atoms with Gasteiger partial charge in [-0.2, -0.15) is 0 Å². The molecule has 1 aliphatic heterocycles. The molecule has 3 aromatic rings. The van der Waals surface area contributed by atoms with Gasteiger partial charge in [-0.1, -0.05) is 24.3 Å². The van der Waals surface area contributed by atoms with E-state index in [0.717, 1.165) is 26.2 Å². The fourth-order valence-corrected chi connectivity index (χ4v) is 5.79. The van der Waals surface area contributed by atoms with Crippen molar-refractivity contribution in [1.82, 2.24) is 9.80 Å². The Labute approximate surface area is 246 Å². The van der Waals surface area contributed by atoms with E-state index in [4.69, 9.17) is 15.7 Å². The first-order valence-corrected chi connectivity index (χ1v) is 16.3. The summed E-state index contributed by atoms with van der Waals surface area (Å²) in [5.41, 5.74) is 2.58. The third-order valence-electron chi connectivity index (χ3n) is 7.05. The Morgan fingerprint density at radius 1 is 0.857 bits per heavy atom. The van der Waals surface area contributed by atoms with Gasteiger partial charge in [0, 0.05) is 49.2 Å². The van der Waals surface area contributed by atoms with Gasteiger partial charge in [0.1, 0.15) is 5.84 Å². The van der Waals surface area contributed by atoms with Gasteiger partial charge < -0.3 is 15.5 Å². The molecule has 1 saturated heterocycles. The standard InChI is InChI=1S/C28H35N7O5S2/c1-19(2)34-12-14-35(15-13-34)27(29)21-4-3-5-23(17-21)32-28(36)33-26-11-10-25(42(31,39)40)18-22(26)16-20-6-8-24(9-7-20)41(30,37)38/h3-11,17-19,29H,12-16H2,1-2H3,(H2,30,37,38)(H2,31,39,40)(H2,32,33,36). The second kappa shape index (κ2) is 12.6. The first-order valence-electron chi connectivity index (χ1n) is 13.2. The van der Waals surface area contributed by atoms with Crippen molar-refractivity contribution in [2.24, 2.45) is 10.3 Å². The molecule has 3 aromatic carbocycles. The van der Waals surface area contributed by atoms with Crippen molar-refractivity contribution >= 4 is 43.3 Å². The highest BCUT2D eigenvalue weighted by Crippen LogP contribution is 2.24. The highest BCUT2D eigenvalue weighted by atomic mass is 32.2. The van der Waals surface area contributed by atoms with Crippen molar-refractivity contribution in [3.8, 4) is 0 Å². The van der Waals surface area contributed by atoms with Crippen molar-refractivity contribution < 1.29 is 21.6 Å². The molecule has 0 atom stereocenters. The van der Waals surface area contributed by atoms with E-state index in [1.165, 1.54) is 30.3 Å². The Balaban J connectivity index is 1.49. The number of carbonyl (C=O) groups is 1. The molecule has 4 rings (SSSR count). The molecular weight excluding hydrogens is 578 g/mol. The van der Waals surface area contributed by atoms with E-state index in [-0.39, 0.29) is 16.2 Å². The van der Waals surface area contributed by atoms with E-state index in [2.05, 4.69) is 29.4 Å². The number of sulfonamides is 2. The van der Waals surface area contributed by atoms with Crippen molar-refractivity contribution in [2.75, 3.05) is 36.8 Å². The Kier molecular flexibility index (Phi) is 9.33. The fourth-order valence-electron chi connectivity index (χ4n) is 4.71. The average molecular weight is 614 g/mol. The molecule has 0 radical (unpaired) electrons. The quantitative estimate of drug-likeness (QED) is 0.190. The number of nitrogens with one attached hydrogen (secondary N) is 3. The number of hydrogen-bond acceptors (Lipinski definition) is 7. The number of primary sulfonamides is 2. The zero-order valence-electron chi connectivity index (χ0n) is 23.4. The van der Waals surface area contributed by atoms with Crippen LogP contribution in [0, 0.1) is 5.41 Å². The van der Waals surface area contributed by atoms with Crippen LogP contribution < -0.4 is 20.9 Å². The number of piperazine rings is 1. The maximum absolute atomic E-state index is 13.0. The molecule has 2 amide bonds. The van der Waals surface area contributed by atoms with Crippen LogP contribution in [0.3, 0.4) is 0 Å². The molecule has 12 nitrogen and oxygen atoms in total. The number of urea groups is 1. The Bertz CT molecular complexity index is 1680. The summed E-state index contributed by atoms with van der Waals surface area (Å²) in [6.45, 7) is 7.57. The van der Waals surface area contributed by atoms with Gasteiger partial charge in [-0.25, -0.2) is 31.9 Å². The molecule has 14 heteroatoms. The summed E-state index contributed by atoms with van der Waals surface area (Å²) in [7, 11) is -7.89. The predicted octanol–water partition coefficient (Wildman–Crippen LogP) is 2.57. The zero-order chi connectivity index (χ0) is 30.7. The van der Waals surface area contributed by atoms with E-state index in [9.17, 15) is 21.6 Å². The smallest absolute Gasteiger partial charge is 0.323 e. The lowest BCUT2D eigenvalue weighted by Gasteiger charge is -2.38. The summed E-state index contributed by atoms with van der Waals surface area (Å²) >= 11 is 0. The van der Waals surface area contributed by atoms with Gasteiger partial charge in [0.25, 0.3) is 0 Å². The van der Waals surface area contributed by atoms with Crippen LogP contribution >= 0.6 is 0 Å². The Hall–Kier alpha value is -3.82. The van der Waals surface area contributed by atoms with Crippen LogP contribution in [0.2, 0.25) is 0 Å². The normalized spacial score (nSPS) is 14.5. The third-order valence-corrected chi connectivity index (χ3v) is 8.89. The van der Waals surface area contributed by atoms with Crippen LogP contribution in [0.25, 0.3) is 0 Å². The van der Waals surface area contributed by atoms with Gasteiger partial charge in [-0.3, -0.25) is 10.3 Å². The average Bonchev–Trinajstić information content (AvgIpc) is 2.93. The number of amidine groups is 1. The number of carbonyl (C=O) groups excluding carboxylic acids is 1. The molecule has 1 aliphatic rings. The van der Waals surface area contributed by atoms with Crippen molar-refractivity contribution in [2.45, 2.75) is 36.1 Å². The molecule has 7 N–H and O–H groups in total. The molecule has 1 heterocycles. The van der Waals surface area contributed by atoms with Crippen LogP contribution in [0.15, 0.2) is 76.5 Å². The number of benzene rings is 3. The number of amides is 2. The van der Waals surface area contributed by atoms with Gasteiger partial charge in [-0.15, -0.1) is 0 Å². The van der Waals surface area contributed by atoms with Gasteiger partial charge in [-0.05, 0) is 73.9 Å². The molecule has 0 spiro atoms. The topological polar surface area (TPSA) is 192 Å². The highest BCUT2D eigenvalue weighted by molar-refractivity contribution is 7.89. The predicted molar refractivity (Wildman–Crippen MR) is 163 cm³/mol. The third kappa shape index (κ3) is 7.92. The maximum Gasteiger partial charge on any atom is 0.323 e. The zero-order valence-corrected chi connectivity index (χ0v) is 25.0. The summed E-state index contributed by atoms with van der Waals surface area (Å²) in [6.07, 6.45) is 0.167. The molecule has 0 aromatic heterocycles. The second-order valence-electron chi connectivity index (χ2n) is 10.4. The van der Waals surface area contributed by atoms with Gasteiger partial charge in [0.15, 0.2) is 0 Å². The Morgan fingerprint density at radius 2 is 1.48 bits per heavy atom.